The van der Waals surface area contributed by atoms with Crippen LogP contribution in [0.25, 0.3) is 0 Å². The van der Waals surface area contributed by atoms with Crippen LogP contribution in [0.3, 0.4) is 0 Å². The number of carboxylic acid groups (broad SMARTS) is 1. The van der Waals surface area contributed by atoms with E-state index in [4.69, 9.17) is 0 Å². The summed E-state index contributed by atoms with van der Waals surface area (Å²) in [4.78, 5) is 23.2. The SMILES string of the molecule is CC(CC(=O)NC1(C(=O)O)CCC1)Cc1cccc(F)c1. The molecule has 0 aliphatic heterocycles. The van der Waals surface area contributed by atoms with Crippen LogP contribution in [0.1, 0.15) is 38.2 Å². The quantitative estimate of drug-likeness (QED) is 0.847. The predicted molar refractivity (Wildman–Crippen MR) is 76.2 cm³/mol. The molecule has 2 N–H and O–H groups in total. The third-order valence-electron chi connectivity index (χ3n) is 4.00. The fraction of sp³-hybridized carbons (Fsp3) is 0.500. The van der Waals surface area contributed by atoms with Crippen molar-refractivity contribution in [1.29, 1.82) is 0 Å². The van der Waals surface area contributed by atoms with Gasteiger partial charge in [0, 0.05) is 6.42 Å². The minimum atomic E-state index is -1.06. The number of carboxylic acids is 1. The summed E-state index contributed by atoms with van der Waals surface area (Å²) in [5.41, 5.74) is -0.220. The molecule has 1 unspecified atom stereocenters. The second-order valence-corrected chi connectivity index (χ2v) is 5.93. The number of carbonyl (C=O) groups is 2. The van der Waals surface area contributed by atoms with Crippen molar-refractivity contribution in [2.75, 3.05) is 0 Å². The van der Waals surface area contributed by atoms with Gasteiger partial charge in [-0.05, 0) is 49.3 Å². The average Bonchev–Trinajstić information content (AvgIpc) is 2.33. The molecule has 21 heavy (non-hydrogen) atoms. The van der Waals surface area contributed by atoms with Crippen LogP contribution in [-0.2, 0) is 16.0 Å². The smallest absolute Gasteiger partial charge is 0.329 e. The second-order valence-electron chi connectivity index (χ2n) is 5.93. The molecule has 1 aromatic carbocycles. The molecule has 2 rings (SSSR count). The van der Waals surface area contributed by atoms with E-state index >= 15 is 0 Å². The third kappa shape index (κ3) is 3.80. The Bertz CT molecular complexity index is 540. The lowest BCUT2D eigenvalue weighted by molar-refractivity contribution is -0.151. The molecule has 1 amide bonds. The van der Waals surface area contributed by atoms with E-state index < -0.39 is 11.5 Å². The second kappa shape index (κ2) is 6.24. The molecule has 0 radical (unpaired) electrons. The highest BCUT2D eigenvalue weighted by atomic mass is 19.1. The van der Waals surface area contributed by atoms with E-state index in [0.717, 1.165) is 12.0 Å². The Morgan fingerprint density at radius 2 is 2.14 bits per heavy atom. The zero-order valence-electron chi connectivity index (χ0n) is 12.1. The van der Waals surface area contributed by atoms with Crippen LogP contribution < -0.4 is 5.32 Å². The molecule has 0 aromatic heterocycles. The summed E-state index contributed by atoms with van der Waals surface area (Å²) in [6, 6.07) is 6.31. The largest absolute Gasteiger partial charge is 0.480 e. The minimum absolute atomic E-state index is 0.0257. The van der Waals surface area contributed by atoms with E-state index in [1.54, 1.807) is 6.07 Å². The summed E-state index contributed by atoms with van der Waals surface area (Å²) < 4.78 is 13.1. The lowest BCUT2D eigenvalue weighted by Gasteiger charge is -2.38. The number of benzene rings is 1. The number of nitrogens with one attached hydrogen (secondary N) is 1. The van der Waals surface area contributed by atoms with Gasteiger partial charge in [0.15, 0.2) is 0 Å². The molecule has 0 spiro atoms. The van der Waals surface area contributed by atoms with Crippen LogP contribution >= 0.6 is 0 Å². The maximum Gasteiger partial charge on any atom is 0.329 e. The average molecular weight is 293 g/mol. The summed E-state index contributed by atoms with van der Waals surface area (Å²) in [6.45, 7) is 1.90. The molecule has 114 valence electrons. The maximum atomic E-state index is 13.1. The van der Waals surface area contributed by atoms with Gasteiger partial charge in [0.2, 0.25) is 5.91 Å². The van der Waals surface area contributed by atoms with Gasteiger partial charge < -0.3 is 10.4 Å². The molecule has 1 atom stereocenters. The molecule has 1 fully saturated rings. The fourth-order valence-electron chi connectivity index (χ4n) is 2.70. The summed E-state index contributed by atoms with van der Waals surface area (Å²) in [7, 11) is 0. The number of carbonyl (C=O) groups excluding carboxylic acids is 1. The fourth-order valence-corrected chi connectivity index (χ4v) is 2.70. The third-order valence-corrected chi connectivity index (χ3v) is 4.00. The van der Waals surface area contributed by atoms with Gasteiger partial charge >= 0.3 is 5.97 Å². The normalized spacial score (nSPS) is 17.6. The molecular formula is C16H20FNO3. The van der Waals surface area contributed by atoms with Crippen molar-refractivity contribution in [3.8, 4) is 0 Å². The van der Waals surface area contributed by atoms with Crippen LogP contribution in [0.2, 0.25) is 0 Å². The van der Waals surface area contributed by atoms with Crippen molar-refractivity contribution < 1.29 is 19.1 Å². The van der Waals surface area contributed by atoms with Gasteiger partial charge in [-0.1, -0.05) is 19.1 Å². The van der Waals surface area contributed by atoms with Crippen molar-refractivity contribution >= 4 is 11.9 Å². The first kappa shape index (κ1) is 15.5. The number of rotatable bonds is 6. The van der Waals surface area contributed by atoms with E-state index in [2.05, 4.69) is 5.32 Å². The van der Waals surface area contributed by atoms with Crippen molar-refractivity contribution in [2.24, 2.45) is 5.92 Å². The molecule has 1 aliphatic carbocycles. The highest BCUT2D eigenvalue weighted by Crippen LogP contribution is 2.32. The van der Waals surface area contributed by atoms with Gasteiger partial charge in [-0.15, -0.1) is 0 Å². The molecule has 4 nitrogen and oxygen atoms in total. The molecule has 1 aliphatic rings. The van der Waals surface area contributed by atoms with Gasteiger partial charge in [0.05, 0.1) is 0 Å². The van der Waals surface area contributed by atoms with Crippen LogP contribution in [0.15, 0.2) is 24.3 Å². The van der Waals surface area contributed by atoms with Crippen LogP contribution in [0.4, 0.5) is 4.39 Å². The van der Waals surface area contributed by atoms with E-state index in [-0.39, 0.29) is 24.1 Å². The summed E-state index contributed by atoms with van der Waals surface area (Å²) in [5.74, 6) is -1.47. The molecular weight excluding hydrogens is 273 g/mol. The van der Waals surface area contributed by atoms with Crippen LogP contribution in [-0.4, -0.2) is 22.5 Å². The van der Waals surface area contributed by atoms with Gasteiger partial charge in [0.25, 0.3) is 0 Å². The molecule has 5 heteroatoms. The van der Waals surface area contributed by atoms with Gasteiger partial charge in [0.1, 0.15) is 11.4 Å². The number of aliphatic carboxylic acids is 1. The monoisotopic (exact) mass is 293 g/mol. The number of amides is 1. The highest BCUT2D eigenvalue weighted by molar-refractivity contribution is 5.87. The van der Waals surface area contributed by atoms with Crippen molar-refractivity contribution in [1.82, 2.24) is 5.32 Å². The Morgan fingerprint density at radius 3 is 2.67 bits per heavy atom. The first-order valence-electron chi connectivity index (χ1n) is 7.20. The zero-order valence-corrected chi connectivity index (χ0v) is 12.1. The predicted octanol–water partition coefficient (Wildman–Crippen LogP) is 2.52. The molecule has 1 saturated carbocycles. The Balaban J connectivity index is 1.86. The summed E-state index contributed by atoms with van der Waals surface area (Å²) in [6.07, 6.45) is 2.64. The Hall–Kier alpha value is -1.91. The van der Waals surface area contributed by atoms with Crippen LogP contribution in [0.5, 0.6) is 0 Å². The molecule has 0 saturated heterocycles. The van der Waals surface area contributed by atoms with Crippen molar-refractivity contribution in [3.05, 3.63) is 35.6 Å². The Morgan fingerprint density at radius 1 is 1.43 bits per heavy atom. The highest BCUT2D eigenvalue weighted by Gasteiger charge is 2.45. The number of halogens is 1. The minimum Gasteiger partial charge on any atom is -0.480 e. The lowest BCUT2D eigenvalue weighted by atomic mass is 9.76. The first-order chi connectivity index (χ1) is 9.91. The van der Waals surface area contributed by atoms with Gasteiger partial charge in [-0.2, -0.15) is 0 Å². The van der Waals surface area contributed by atoms with Crippen LogP contribution in [0, 0.1) is 11.7 Å². The van der Waals surface area contributed by atoms with E-state index in [9.17, 15) is 19.1 Å². The molecule has 1 aromatic rings. The zero-order chi connectivity index (χ0) is 15.5. The Labute approximate surface area is 123 Å². The topological polar surface area (TPSA) is 66.4 Å². The van der Waals surface area contributed by atoms with E-state index in [0.29, 0.717) is 19.3 Å². The summed E-state index contributed by atoms with van der Waals surface area (Å²) >= 11 is 0. The van der Waals surface area contributed by atoms with Crippen molar-refractivity contribution in [3.63, 3.8) is 0 Å². The van der Waals surface area contributed by atoms with Crippen molar-refractivity contribution in [2.45, 2.75) is 44.6 Å². The van der Waals surface area contributed by atoms with E-state index in [1.807, 2.05) is 13.0 Å². The van der Waals surface area contributed by atoms with Gasteiger partial charge in [-0.3, -0.25) is 4.79 Å². The Kier molecular flexibility index (Phi) is 4.60. The maximum absolute atomic E-state index is 13.1. The number of hydrogen-bond acceptors (Lipinski definition) is 2. The molecule has 0 bridgehead atoms. The van der Waals surface area contributed by atoms with Gasteiger partial charge in [-0.25, -0.2) is 9.18 Å². The standard InChI is InChI=1S/C16H20FNO3/c1-11(8-12-4-2-5-13(17)10-12)9-14(19)18-16(15(20)21)6-3-7-16/h2,4-5,10-11H,3,6-9H2,1H3,(H,18,19)(H,20,21). The summed E-state index contributed by atoms with van der Waals surface area (Å²) in [5, 5.41) is 11.8. The lowest BCUT2D eigenvalue weighted by Crippen LogP contribution is -2.59. The molecule has 0 heterocycles. The number of hydrogen-bond donors (Lipinski definition) is 2. The van der Waals surface area contributed by atoms with E-state index in [1.165, 1.54) is 12.1 Å². The first-order valence-corrected chi connectivity index (χ1v) is 7.20.